The van der Waals surface area contributed by atoms with Gasteiger partial charge in [-0.2, -0.15) is 5.10 Å². The van der Waals surface area contributed by atoms with Crippen molar-refractivity contribution in [1.82, 2.24) is 9.78 Å². The lowest BCUT2D eigenvalue weighted by atomic mass is 10.3. The van der Waals surface area contributed by atoms with Gasteiger partial charge in [0.2, 0.25) is 10.0 Å². The van der Waals surface area contributed by atoms with Gasteiger partial charge >= 0.3 is 0 Å². The number of sulfonamides is 1. The summed E-state index contributed by atoms with van der Waals surface area (Å²) in [5.41, 5.74) is 0.953. The first-order chi connectivity index (χ1) is 8.71. The van der Waals surface area contributed by atoms with Gasteiger partial charge in [0.05, 0.1) is 22.1 Å². The minimum absolute atomic E-state index is 0.0167. The maximum atomic E-state index is 13.4. The molecule has 0 unspecified atom stereocenters. The second-order valence-corrected chi connectivity index (χ2v) is 5.96. The van der Waals surface area contributed by atoms with Crippen LogP contribution in [0.3, 0.4) is 0 Å². The van der Waals surface area contributed by atoms with Gasteiger partial charge < -0.3 is 0 Å². The van der Waals surface area contributed by atoms with Crippen molar-refractivity contribution < 1.29 is 12.8 Å². The third-order valence-electron chi connectivity index (χ3n) is 2.66. The first-order valence-corrected chi connectivity index (χ1v) is 7.18. The molecule has 0 fully saturated rings. The first-order valence-electron chi connectivity index (χ1n) is 5.26. The number of rotatable bonds is 2. The lowest BCUT2D eigenvalue weighted by Crippen LogP contribution is -2.14. The molecule has 2 N–H and O–H groups in total. The van der Waals surface area contributed by atoms with Gasteiger partial charge in [0.15, 0.2) is 0 Å². The summed E-state index contributed by atoms with van der Waals surface area (Å²) in [6.07, 6.45) is 0. The fourth-order valence-electron chi connectivity index (χ4n) is 1.91. The Morgan fingerprint density at radius 2 is 2.00 bits per heavy atom. The summed E-state index contributed by atoms with van der Waals surface area (Å²) in [4.78, 5) is -0.0529. The van der Waals surface area contributed by atoms with Crippen LogP contribution in [0.5, 0.6) is 0 Å². The predicted molar refractivity (Wildman–Crippen MR) is 69.4 cm³/mol. The summed E-state index contributed by atoms with van der Waals surface area (Å²) in [5.74, 6) is -0.608. The predicted octanol–water partition coefficient (Wildman–Crippen LogP) is 1.93. The van der Waals surface area contributed by atoms with Crippen LogP contribution >= 0.6 is 11.6 Å². The smallest absolute Gasteiger partial charge is 0.236 e. The molecule has 0 aliphatic carbocycles. The molecule has 0 saturated heterocycles. The van der Waals surface area contributed by atoms with Gasteiger partial charge in [0.1, 0.15) is 10.7 Å². The van der Waals surface area contributed by atoms with E-state index in [2.05, 4.69) is 5.10 Å². The zero-order valence-corrected chi connectivity index (χ0v) is 11.8. The molecule has 8 heteroatoms. The van der Waals surface area contributed by atoms with Gasteiger partial charge in [-0.25, -0.2) is 22.6 Å². The largest absolute Gasteiger partial charge is 0.241 e. The quantitative estimate of drug-likeness (QED) is 0.920. The van der Waals surface area contributed by atoms with E-state index in [0.29, 0.717) is 11.4 Å². The van der Waals surface area contributed by atoms with Crippen molar-refractivity contribution in [3.05, 3.63) is 40.4 Å². The second-order valence-electron chi connectivity index (χ2n) is 4.06. The van der Waals surface area contributed by atoms with Crippen LogP contribution in [-0.4, -0.2) is 18.2 Å². The lowest BCUT2D eigenvalue weighted by molar-refractivity contribution is 0.596. The number of hydrogen-bond donors (Lipinski definition) is 1. The summed E-state index contributed by atoms with van der Waals surface area (Å²) in [6, 6.07) is 4.09. The highest BCUT2D eigenvalue weighted by Gasteiger charge is 2.21. The van der Waals surface area contributed by atoms with Gasteiger partial charge in [0.25, 0.3) is 0 Å². The van der Waals surface area contributed by atoms with E-state index in [9.17, 15) is 12.8 Å². The van der Waals surface area contributed by atoms with Crippen molar-refractivity contribution in [2.45, 2.75) is 18.7 Å². The molecule has 1 aromatic heterocycles. The highest BCUT2D eigenvalue weighted by molar-refractivity contribution is 7.89. The van der Waals surface area contributed by atoms with E-state index in [1.165, 1.54) is 29.8 Å². The number of nitrogens with two attached hydrogens (primary N) is 1. The van der Waals surface area contributed by atoms with Crippen LogP contribution in [0.2, 0.25) is 5.02 Å². The zero-order chi connectivity index (χ0) is 14.4. The normalized spacial score (nSPS) is 11.8. The molecule has 0 aliphatic rings. The van der Waals surface area contributed by atoms with Crippen LogP contribution in [-0.2, 0) is 10.0 Å². The Morgan fingerprint density at radius 1 is 1.37 bits per heavy atom. The molecule has 0 aliphatic heterocycles. The average Bonchev–Trinajstić information content (AvgIpc) is 2.57. The number of benzene rings is 1. The van der Waals surface area contributed by atoms with Gasteiger partial charge in [-0.1, -0.05) is 11.6 Å². The molecule has 0 spiro atoms. The molecule has 1 heterocycles. The Morgan fingerprint density at radius 3 is 2.47 bits per heavy atom. The number of aromatic nitrogens is 2. The summed E-state index contributed by atoms with van der Waals surface area (Å²) < 4.78 is 37.7. The van der Waals surface area contributed by atoms with Gasteiger partial charge in [0, 0.05) is 6.07 Å². The second kappa shape index (κ2) is 4.59. The number of aryl methyl sites for hydroxylation is 1. The molecule has 0 atom stereocenters. The fraction of sp³-hybridized carbons (Fsp3) is 0.182. The first kappa shape index (κ1) is 14.0. The van der Waals surface area contributed by atoms with Crippen molar-refractivity contribution in [1.29, 1.82) is 0 Å². The topological polar surface area (TPSA) is 78.0 Å². The number of halogens is 2. The van der Waals surface area contributed by atoms with Crippen molar-refractivity contribution >= 4 is 21.6 Å². The molecular formula is C11H11ClFN3O2S. The van der Waals surface area contributed by atoms with E-state index in [1.807, 2.05) is 0 Å². The summed E-state index contributed by atoms with van der Waals surface area (Å²) in [7, 11) is -3.87. The standard InChI is InChI=1S/C11H11ClFN3O2S/c1-6-11(19(14,17)18)7(2)16(15-6)8-3-4-9(12)10(13)5-8/h3-5H,1-2H3,(H2,14,17,18). The Kier molecular flexibility index (Phi) is 3.38. The summed E-state index contributed by atoms with van der Waals surface area (Å²) in [6.45, 7) is 3.07. The average molecular weight is 304 g/mol. The molecule has 2 aromatic rings. The van der Waals surface area contributed by atoms with E-state index in [1.54, 1.807) is 6.92 Å². The molecule has 2 rings (SSSR count). The highest BCUT2D eigenvalue weighted by Crippen LogP contribution is 2.23. The monoisotopic (exact) mass is 303 g/mol. The fourth-order valence-corrected chi connectivity index (χ4v) is 2.98. The minimum Gasteiger partial charge on any atom is -0.236 e. The van der Waals surface area contributed by atoms with Crippen molar-refractivity contribution in [3.63, 3.8) is 0 Å². The van der Waals surface area contributed by atoms with E-state index in [4.69, 9.17) is 16.7 Å². The Bertz CT molecular complexity index is 756. The minimum atomic E-state index is -3.87. The molecular weight excluding hydrogens is 293 g/mol. The molecule has 19 heavy (non-hydrogen) atoms. The Hall–Kier alpha value is -1.44. The molecule has 5 nitrogen and oxygen atoms in total. The van der Waals surface area contributed by atoms with E-state index in [0.717, 1.165) is 0 Å². The molecule has 0 radical (unpaired) electrons. The van der Waals surface area contributed by atoms with Crippen LogP contribution in [0, 0.1) is 19.7 Å². The molecule has 0 saturated carbocycles. The van der Waals surface area contributed by atoms with Crippen LogP contribution in [0.1, 0.15) is 11.4 Å². The van der Waals surface area contributed by atoms with Gasteiger partial charge in [-0.3, -0.25) is 0 Å². The zero-order valence-electron chi connectivity index (χ0n) is 10.2. The van der Waals surface area contributed by atoms with E-state index >= 15 is 0 Å². The Labute approximate surface area is 114 Å². The summed E-state index contributed by atoms with van der Waals surface area (Å²) in [5, 5.41) is 9.18. The number of nitrogens with zero attached hydrogens (tertiary/aromatic N) is 2. The van der Waals surface area contributed by atoms with Crippen LogP contribution in [0.25, 0.3) is 5.69 Å². The van der Waals surface area contributed by atoms with Crippen molar-refractivity contribution in [2.24, 2.45) is 5.14 Å². The summed E-state index contributed by atoms with van der Waals surface area (Å²) >= 11 is 5.60. The maximum absolute atomic E-state index is 13.4. The van der Waals surface area contributed by atoms with Gasteiger partial charge in [-0.05, 0) is 26.0 Å². The molecule has 0 bridgehead atoms. The third kappa shape index (κ3) is 2.49. The highest BCUT2D eigenvalue weighted by atomic mass is 35.5. The van der Waals surface area contributed by atoms with Crippen molar-refractivity contribution in [2.75, 3.05) is 0 Å². The number of hydrogen-bond acceptors (Lipinski definition) is 3. The molecule has 0 amide bonds. The lowest BCUT2D eigenvalue weighted by Gasteiger charge is -2.05. The van der Waals surface area contributed by atoms with Crippen molar-refractivity contribution in [3.8, 4) is 5.69 Å². The molecule has 102 valence electrons. The van der Waals surface area contributed by atoms with Crippen LogP contribution in [0.4, 0.5) is 4.39 Å². The van der Waals surface area contributed by atoms with Crippen LogP contribution in [0.15, 0.2) is 23.1 Å². The van der Waals surface area contributed by atoms with Gasteiger partial charge in [-0.15, -0.1) is 0 Å². The SMILES string of the molecule is Cc1nn(-c2ccc(Cl)c(F)c2)c(C)c1S(N)(=O)=O. The Balaban J connectivity index is 2.68. The maximum Gasteiger partial charge on any atom is 0.241 e. The van der Waals surface area contributed by atoms with E-state index < -0.39 is 15.8 Å². The molecule has 1 aromatic carbocycles. The van der Waals surface area contributed by atoms with Crippen LogP contribution < -0.4 is 5.14 Å². The van der Waals surface area contributed by atoms with E-state index in [-0.39, 0.29) is 15.6 Å². The third-order valence-corrected chi connectivity index (χ3v) is 4.12. The number of primary sulfonamides is 1.